The van der Waals surface area contributed by atoms with E-state index < -0.39 is 0 Å². The van der Waals surface area contributed by atoms with Crippen molar-refractivity contribution in [3.8, 4) is 178 Å². The molecule has 0 amide bonds. The van der Waals surface area contributed by atoms with Crippen molar-refractivity contribution in [3.05, 3.63) is 388 Å². The van der Waals surface area contributed by atoms with E-state index in [0.29, 0.717) is 0 Å². The van der Waals surface area contributed by atoms with E-state index in [2.05, 4.69) is 388 Å². The van der Waals surface area contributed by atoms with Crippen LogP contribution in [0.5, 0.6) is 0 Å². The van der Waals surface area contributed by atoms with Gasteiger partial charge >= 0.3 is 0 Å². The molecule has 0 atom stereocenters. The molecule has 16 aromatic carbocycles. The molecule has 96 heavy (non-hydrogen) atoms. The smallest absolute Gasteiger partial charge is 0.00923 e. The van der Waals surface area contributed by atoms with Crippen molar-refractivity contribution < 1.29 is 0 Å². The summed E-state index contributed by atoms with van der Waals surface area (Å²) in [7, 11) is 0. The molecule has 0 saturated heterocycles. The van der Waals surface area contributed by atoms with Crippen LogP contribution in [-0.4, -0.2) is 0 Å². The van der Waals surface area contributed by atoms with Crippen LogP contribution < -0.4 is 0 Å². The summed E-state index contributed by atoms with van der Waals surface area (Å²) in [6.45, 7) is 0. The molecule has 0 heterocycles. The Hall–Kier alpha value is -12.5. The highest BCUT2D eigenvalue weighted by Gasteiger charge is 2.27. The van der Waals surface area contributed by atoms with Crippen LogP contribution in [0.4, 0.5) is 0 Å². The van der Waals surface area contributed by atoms with Gasteiger partial charge in [-0.25, -0.2) is 0 Å². The molecule has 0 bridgehead atoms. The van der Waals surface area contributed by atoms with Crippen molar-refractivity contribution in [1.29, 1.82) is 0 Å². The summed E-state index contributed by atoms with van der Waals surface area (Å²) in [6, 6.07) is 143. The number of rotatable bonds is 12. The van der Waals surface area contributed by atoms with Crippen molar-refractivity contribution in [3.63, 3.8) is 0 Å². The molecule has 17 rings (SSSR count). The highest BCUT2D eigenvalue weighted by Crippen LogP contribution is 2.53. The number of fused-ring (bicyclic) bond motifs is 8. The second kappa shape index (κ2) is 25.2. The molecule has 0 heteroatoms. The van der Waals surface area contributed by atoms with Crippen LogP contribution in [0.1, 0.15) is 0 Å². The summed E-state index contributed by atoms with van der Waals surface area (Å²) in [4.78, 5) is 0. The first-order valence-corrected chi connectivity index (χ1v) is 33.2. The molecule has 0 aliphatic heterocycles. The molecular weight excluding hydrogens is 1150 g/mol. The zero-order valence-electron chi connectivity index (χ0n) is 53.0. The first-order valence-electron chi connectivity index (χ1n) is 33.2. The van der Waals surface area contributed by atoms with Gasteiger partial charge in [0.05, 0.1) is 0 Å². The molecule has 0 saturated carbocycles. The van der Waals surface area contributed by atoms with Crippen LogP contribution in [0, 0.1) is 0 Å². The summed E-state index contributed by atoms with van der Waals surface area (Å²) in [5, 5.41) is 0. The maximum absolute atomic E-state index is 2.49. The average Bonchev–Trinajstić information content (AvgIpc) is 0.739. The third-order valence-electron chi connectivity index (χ3n) is 19.4. The SMILES string of the molecule is c1ccc(-c2ccc(-c3ccc(-c4cc5c(cc4-c4ccc(-c6ccc(-c7ccccc7)cc6)cc4)-c4ccccc4-c4cc(-c6ccc(-c7ccc(-c8ccccc8)cc7)cc6)c(-c6ccc(-c7ccc(-c8ccccc8)cc7)cc6)cc4-c4ccccc4-5)cc3)cc2)cc1. The normalized spacial score (nSPS) is 11.3. The van der Waals surface area contributed by atoms with Gasteiger partial charge in [0.15, 0.2) is 0 Å². The van der Waals surface area contributed by atoms with Crippen molar-refractivity contribution in [2.75, 3.05) is 0 Å². The summed E-state index contributed by atoms with van der Waals surface area (Å²) in [5.74, 6) is 0. The van der Waals surface area contributed by atoms with Crippen molar-refractivity contribution >= 4 is 0 Å². The number of benzene rings is 16. The van der Waals surface area contributed by atoms with Gasteiger partial charge in [-0.1, -0.05) is 364 Å². The molecule has 0 nitrogen and oxygen atoms in total. The molecule has 0 aromatic heterocycles. The Morgan fingerprint density at radius 2 is 0.188 bits per heavy atom. The van der Waals surface area contributed by atoms with E-state index in [1.807, 2.05) is 0 Å². The quantitative estimate of drug-likeness (QED) is 0.114. The minimum absolute atomic E-state index is 1.16. The number of hydrogen-bond acceptors (Lipinski definition) is 0. The highest BCUT2D eigenvalue weighted by molar-refractivity contribution is 6.08. The second-order valence-electron chi connectivity index (χ2n) is 25.1. The highest BCUT2D eigenvalue weighted by atomic mass is 14.3. The predicted octanol–water partition coefficient (Wildman–Crippen LogP) is 26.7. The van der Waals surface area contributed by atoms with Gasteiger partial charge in [-0.05, 0) is 202 Å². The average molecular weight is 1220 g/mol. The Morgan fingerprint density at radius 1 is 0.0729 bits per heavy atom. The van der Waals surface area contributed by atoms with Gasteiger partial charge in [0.2, 0.25) is 0 Å². The standard InChI is InChI=1S/C96H64/c1-5-17-65(18-6-1)69-29-37-73(38-30-69)77-45-53-81(54-46-77)89-61-93-85-25-13-14-26-86(85)95-63-91(83-57-49-79(50-58-83)75-41-33-71(34-42-75)67-21-9-3-10-22-67)92(84-59-51-80(52-60-84)76-43-35-72(36-44-76)68-23-11-4-12-24-68)64-96(95)88-28-16-15-27-87(88)94(93)62-90(89)82-55-47-78(48-56-82)74-39-31-70(32-40-74)66-19-7-2-8-20-66/h1-64H. The van der Waals surface area contributed by atoms with E-state index in [0.717, 1.165) is 22.3 Å². The van der Waals surface area contributed by atoms with Gasteiger partial charge < -0.3 is 0 Å². The third kappa shape index (κ3) is 11.2. The van der Waals surface area contributed by atoms with Crippen LogP contribution in [-0.2, 0) is 0 Å². The molecule has 0 fully saturated rings. The number of hydrogen-bond donors (Lipinski definition) is 0. The molecular formula is C96H64. The van der Waals surface area contributed by atoms with Crippen LogP contribution >= 0.6 is 0 Å². The molecule has 0 spiro atoms. The molecule has 448 valence electrons. The minimum atomic E-state index is 1.16. The topological polar surface area (TPSA) is 0 Å². The van der Waals surface area contributed by atoms with Gasteiger partial charge in [-0.15, -0.1) is 0 Å². The molecule has 0 radical (unpaired) electrons. The summed E-state index contributed by atoms with van der Waals surface area (Å²) < 4.78 is 0. The van der Waals surface area contributed by atoms with Gasteiger partial charge in [0.25, 0.3) is 0 Å². The van der Waals surface area contributed by atoms with E-state index in [1.165, 1.54) is 156 Å². The van der Waals surface area contributed by atoms with E-state index >= 15 is 0 Å². The predicted molar refractivity (Wildman–Crippen MR) is 407 cm³/mol. The van der Waals surface area contributed by atoms with Crippen molar-refractivity contribution in [2.45, 2.75) is 0 Å². The third-order valence-corrected chi connectivity index (χ3v) is 19.4. The monoisotopic (exact) mass is 1220 g/mol. The van der Waals surface area contributed by atoms with Crippen LogP contribution in [0.2, 0.25) is 0 Å². The Morgan fingerprint density at radius 3 is 0.333 bits per heavy atom. The van der Waals surface area contributed by atoms with E-state index in [-0.39, 0.29) is 0 Å². The van der Waals surface area contributed by atoms with Gasteiger partial charge in [0.1, 0.15) is 0 Å². The van der Waals surface area contributed by atoms with Crippen LogP contribution in [0.15, 0.2) is 388 Å². The largest absolute Gasteiger partial charge is 0.0622 e. The van der Waals surface area contributed by atoms with Gasteiger partial charge in [-0.2, -0.15) is 0 Å². The van der Waals surface area contributed by atoms with Crippen molar-refractivity contribution in [1.82, 2.24) is 0 Å². The Balaban J connectivity index is 0.812. The maximum atomic E-state index is 2.49. The fourth-order valence-corrected chi connectivity index (χ4v) is 14.3. The van der Waals surface area contributed by atoms with Crippen LogP contribution in [0.3, 0.4) is 0 Å². The van der Waals surface area contributed by atoms with E-state index in [1.54, 1.807) is 0 Å². The zero-order chi connectivity index (χ0) is 63.7. The lowest BCUT2D eigenvalue weighted by molar-refractivity contribution is 1.50. The lowest BCUT2D eigenvalue weighted by atomic mass is 9.76. The zero-order valence-corrected chi connectivity index (χ0v) is 53.0. The summed E-state index contributed by atoms with van der Waals surface area (Å²) in [5.41, 5.74) is 38.0. The Kier molecular flexibility index (Phi) is 15.1. The summed E-state index contributed by atoms with van der Waals surface area (Å²) in [6.07, 6.45) is 0. The lowest BCUT2D eigenvalue weighted by Crippen LogP contribution is -2.00. The fraction of sp³-hybridized carbons (Fsp3) is 0. The van der Waals surface area contributed by atoms with Crippen molar-refractivity contribution in [2.24, 2.45) is 0 Å². The lowest BCUT2D eigenvalue weighted by Gasteiger charge is -2.27. The van der Waals surface area contributed by atoms with E-state index in [4.69, 9.17) is 0 Å². The molecule has 16 aromatic rings. The minimum Gasteiger partial charge on any atom is -0.0622 e. The molecule has 0 N–H and O–H groups in total. The molecule has 1 aliphatic carbocycles. The Bertz CT molecular complexity index is 4730. The first kappa shape index (κ1) is 57.4. The first-order chi connectivity index (χ1) is 47.6. The second-order valence-corrected chi connectivity index (χ2v) is 25.1. The molecule has 1 aliphatic rings. The Labute approximate surface area is 562 Å². The van der Waals surface area contributed by atoms with Crippen LogP contribution in [0.25, 0.3) is 178 Å². The summed E-state index contributed by atoms with van der Waals surface area (Å²) >= 11 is 0. The van der Waals surface area contributed by atoms with Gasteiger partial charge in [-0.3, -0.25) is 0 Å². The molecule has 0 unspecified atom stereocenters. The fourth-order valence-electron chi connectivity index (χ4n) is 14.3. The van der Waals surface area contributed by atoms with Gasteiger partial charge in [0, 0.05) is 0 Å². The maximum Gasteiger partial charge on any atom is -0.00923 e. The van der Waals surface area contributed by atoms with E-state index in [9.17, 15) is 0 Å².